The van der Waals surface area contributed by atoms with Crippen LogP contribution < -0.4 is 11.1 Å². The Hall–Kier alpha value is -1.39. The second kappa shape index (κ2) is 7.92. The van der Waals surface area contributed by atoms with Crippen LogP contribution in [0, 0.1) is 5.92 Å². The van der Waals surface area contributed by atoms with Gasteiger partial charge in [-0.1, -0.05) is 44.2 Å². The number of hydrogen-bond acceptors (Lipinski definition) is 3. The van der Waals surface area contributed by atoms with E-state index >= 15 is 0 Å². The van der Waals surface area contributed by atoms with Gasteiger partial charge in [0.1, 0.15) is 0 Å². The van der Waals surface area contributed by atoms with Crippen LogP contribution in [0.2, 0.25) is 0 Å². The number of nitrogens with two attached hydrogens (primary N) is 1. The smallest absolute Gasteiger partial charge is 0.237 e. The van der Waals surface area contributed by atoms with Gasteiger partial charge in [0.25, 0.3) is 0 Å². The van der Waals surface area contributed by atoms with E-state index in [1.165, 1.54) is 0 Å². The fourth-order valence-corrected chi connectivity index (χ4v) is 2.02. The zero-order valence-electron chi connectivity index (χ0n) is 11.7. The summed E-state index contributed by atoms with van der Waals surface area (Å²) >= 11 is 0. The van der Waals surface area contributed by atoms with Crippen LogP contribution >= 0.6 is 0 Å². The van der Waals surface area contributed by atoms with E-state index in [-0.39, 0.29) is 18.6 Å². The van der Waals surface area contributed by atoms with Gasteiger partial charge in [-0.15, -0.1) is 0 Å². The summed E-state index contributed by atoms with van der Waals surface area (Å²) in [7, 11) is 0. The number of rotatable bonds is 7. The predicted molar refractivity (Wildman–Crippen MR) is 76.6 cm³/mol. The van der Waals surface area contributed by atoms with Crippen LogP contribution in [0.1, 0.15) is 25.8 Å². The lowest BCUT2D eigenvalue weighted by atomic mass is 10.0. The van der Waals surface area contributed by atoms with Crippen molar-refractivity contribution in [1.29, 1.82) is 0 Å². The maximum atomic E-state index is 12.0. The first kappa shape index (κ1) is 15.7. The van der Waals surface area contributed by atoms with E-state index in [0.717, 1.165) is 12.0 Å². The summed E-state index contributed by atoms with van der Waals surface area (Å²) in [5.41, 5.74) is 6.93. The molecule has 1 aromatic rings. The number of amides is 1. The van der Waals surface area contributed by atoms with E-state index < -0.39 is 6.04 Å². The van der Waals surface area contributed by atoms with Gasteiger partial charge in [-0.25, -0.2) is 0 Å². The summed E-state index contributed by atoms with van der Waals surface area (Å²) < 4.78 is 0. The lowest BCUT2D eigenvalue weighted by Gasteiger charge is -2.20. The third kappa shape index (κ3) is 5.85. The van der Waals surface area contributed by atoms with Crippen molar-refractivity contribution in [2.75, 3.05) is 6.61 Å². The SMILES string of the molecule is CC(C)CC(CO)NC(=O)[C@@H](N)Cc1ccccc1. The lowest BCUT2D eigenvalue weighted by Crippen LogP contribution is -2.48. The first-order chi connectivity index (χ1) is 9.02. The van der Waals surface area contributed by atoms with E-state index in [9.17, 15) is 9.90 Å². The molecule has 0 aliphatic heterocycles. The Morgan fingerprint density at radius 3 is 2.47 bits per heavy atom. The highest BCUT2D eigenvalue weighted by molar-refractivity contribution is 5.82. The Balaban J connectivity index is 2.48. The Labute approximate surface area is 115 Å². The van der Waals surface area contributed by atoms with Crippen LogP contribution in [0.4, 0.5) is 0 Å². The molecule has 0 fully saturated rings. The number of carbonyl (C=O) groups is 1. The molecule has 0 aliphatic carbocycles. The number of nitrogens with one attached hydrogen (secondary N) is 1. The summed E-state index contributed by atoms with van der Waals surface area (Å²) in [4.78, 5) is 12.0. The van der Waals surface area contributed by atoms with Crippen LogP contribution in [0.25, 0.3) is 0 Å². The maximum absolute atomic E-state index is 12.0. The Kier molecular flexibility index (Phi) is 6.53. The van der Waals surface area contributed by atoms with Crippen LogP contribution in [-0.4, -0.2) is 29.7 Å². The van der Waals surface area contributed by atoms with Crippen molar-refractivity contribution in [2.45, 2.75) is 38.8 Å². The molecule has 4 heteroatoms. The lowest BCUT2D eigenvalue weighted by molar-refractivity contribution is -0.123. The summed E-state index contributed by atoms with van der Waals surface area (Å²) in [5, 5.41) is 12.0. The zero-order chi connectivity index (χ0) is 14.3. The molecule has 0 saturated carbocycles. The van der Waals surface area contributed by atoms with Gasteiger partial charge < -0.3 is 16.2 Å². The quantitative estimate of drug-likeness (QED) is 0.690. The molecule has 4 N–H and O–H groups in total. The zero-order valence-corrected chi connectivity index (χ0v) is 11.7. The second-order valence-electron chi connectivity index (χ2n) is 5.31. The van der Waals surface area contributed by atoms with Gasteiger partial charge in [-0.05, 0) is 24.3 Å². The monoisotopic (exact) mass is 264 g/mol. The Bertz CT molecular complexity index is 379. The highest BCUT2D eigenvalue weighted by Crippen LogP contribution is 2.06. The van der Waals surface area contributed by atoms with Gasteiger partial charge in [-0.3, -0.25) is 4.79 Å². The van der Waals surface area contributed by atoms with E-state index in [2.05, 4.69) is 19.2 Å². The minimum absolute atomic E-state index is 0.0536. The molecule has 0 bridgehead atoms. The van der Waals surface area contributed by atoms with Gasteiger partial charge in [0.15, 0.2) is 0 Å². The van der Waals surface area contributed by atoms with Gasteiger partial charge in [0.2, 0.25) is 5.91 Å². The van der Waals surface area contributed by atoms with Crippen LogP contribution in [0.5, 0.6) is 0 Å². The molecule has 106 valence electrons. The van der Waals surface area contributed by atoms with Crippen LogP contribution in [-0.2, 0) is 11.2 Å². The van der Waals surface area contributed by atoms with Crippen molar-refractivity contribution in [3.8, 4) is 0 Å². The predicted octanol–water partition coefficient (Wildman–Crippen LogP) is 1.08. The third-order valence-electron chi connectivity index (χ3n) is 2.96. The molecular formula is C15H24N2O2. The molecule has 0 aliphatic rings. The van der Waals surface area contributed by atoms with Crippen molar-refractivity contribution in [1.82, 2.24) is 5.32 Å². The van der Waals surface area contributed by atoms with E-state index in [1.807, 2.05) is 30.3 Å². The van der Waals surface area contributed by atoms with E-state index in [1.54, 1.807) is 0 Å². The van der Waals surface area contributed by atoms with E-state index in [4.69, 9.17) is 5.73 Å². The highest BCUT2D eigenvalue weighted by Gasteiger charge is 2.18. The molecule has 0 heterocycles. The number of benzene rings is 1. The fourth-order valence-electron chi connectivity index (χ4n) is 2.02. The number of aliphatic hydroxyl groups excluding tert-OH is 1. The first-order valence-electron chi connectivity index (χ1n) is 6.73. The molecule has 0 spiro atoms. The van der Waals surface area contributed by atoms with Crippen LogP contribution in [0.3, 0.4) is 0 Å². The molecule has 0 saturated heterocycles. The molecule has 4 nitrogen and oxygen atoms in total. The summed E-state index contributed by atoms with van der Waals surface area (Å²) in [6.45, 7) is 4.05. The average molecular weight is 264 g/mol. The summed E-state index contributed by atoms with van der Waals surface area (Å²) in [6.07, 6.45) is 1.26. The Morgan fingerprint density at radius 1 is 1.32 bits per heavy atom. The van der Waals surface area contributed by atoms with Gasteiger partial charge >= 0.3 is 0 Å². The van der Waals surface area contributed by atoms with Crippen molar-refractivity contribution in [3.63, 3.8) is 0 Å². The van der Waals surface area contributed by atoms with Gasteiger partial charge in [0, 0.05) is 0 Å². The van der Waals surface area contributed by atoms with Crippen molar-refractivity contribution < 1.29 is 9.90 Å². The molecule has 0 aromatic heterocycles. The van der Waals surface area contributed by atoms with Gasteiger partial charge in [-0.2, -0.15) is 0 Å². The topological polar surface area (TPSA) is 75.3 Å². The second-order valence-corrected chi connectivity index (χ2v) is 5.31. The molecule has 1 unspecified atom stereocenters. The molecule has 1 amide bonds. The number of aliphatic hydroxyl groups is 1. The molecule has 1 rings (SSSR count). The van der Waals surface area contributed by atoms with Crippen molar-refractivity contribution >= 4 is 5.91 Å². The minimum Gasteiger partial charge on any atom is -0.394 e. The molecule has 0 radical (unpaired) electrons. The molecule has 1 aromatic carbocycles. The normalized spacial score (nSPS) is 14.2. The average Bonchev–Trinajstić information content (AvgIpc) is 2.38. The molecular weight excluding hydrogens is 240 g/mol. The minimum atomic E-state index is -0.580. The Morgan fingerprint density at radius 2 is 1.95 bits per heavy atom. The standard InChI is InChI=1S/C15H24N2O2/c1-11(2)8-13(10-18)17-15(19)14(16)9-12-6-4-3-5-7-12/h3-7,11,13-14,18H,8-10,16H2,1-2H3,(H,17,19)/t13?,14-/m0/s1. The highest BCUT2D eigenvalue weighted by atomic mass is 16.3. The van der Waals surface area contributed by atoms with Gasteiger partial charge in [0.05, 0.1) is 18.7 Å². The largest absolute Gasteiger partial charge is 0.394 e. The third-order valence-corrected chi connectivity index (χ3v) is 2.96. The summed E-state index contributed by atoms with van der Waals surface area (Å²) in [6, 6.07) is 8.89. The van der Waals surface area contributed by atoms with Crippen molar-refractivity contribution in [2.24, 2.45) is 11.7 Å². The van der Waals surface area contributed by atoms with Crippen molar-refractivity contribution in [3.05, 3.63) is 35.9 Å². The fraction of sp³-hybridized carbons (Fsp3) is 0.533. The maximum Gasteiger partial charge on any atom is 0.237 e. The van der Waals surface area contributed by atoms with E-state index in [0.29, 0.717) is 12.3 Å². The molecule has 19 heavy (non-hydrogen) atoms. The summed E-state index contributed by atoms with van der Waals surface area (Å²) in [5.74, 6) is 0.214. The number of hydrogen-bond donors (Lipinski definition) is 3. The molecule has 2 atom stereocenters. The van der Waals surface area contributed by atoms with Crippen LogP contribution in [0.15, 0.2) is 30.3 Å². The first-order valence-corrected chi connectivity index (χ1v) is 6.73. The number of carbonyl (C=O) groups excluding carboxylic acids is 1.